The van der Waals surface area contributed by atoms with Crippen LogP contribution in [0.5, 0.6) is 0 Å². The van der Waals surface area contributed by atoms with Crippen molar-refractivity contribution in [3.05, 3.63) is 11.7 Å². The maximum Gasteiger partial charge on any atom is 0.332 e. The largest absolute Gasteiger partial charge is 0.479 e. The summed E-state index contributed by atoms with van der Waals surface area (Å²) in [6.07, 6.45) is 0.654. The number of rotatable bonds is 5. The van der Waals surface area contributed by atoms with E-state index in [1.54, 1.807) is 6.92 Å². The van der Waals surface area contributed by atoms with Crippen LogP contribution in [-0.4, -0.2) is 52.5 Å². The van der Waals surface area contributed by atoms with Crippen molar-refractivity contribution in [2.45, 2.75) is 25.3 Å². The Morgan fingerprint density at radius 3 is 2.85 bits per heavy atom. The predicted molar refractivity (Wildman–Crippen MR) is 65.1 cm³/mol. The summed E-state index contributed by atoms with van der Waals surface area (Å²) in [4.78, 5) is 26.9. The number of aryl methyl sites for hydroxylation is 1. The predicted octanol–water partition coefficient (Wildman–Crippen LogP) is -0.537. The highest BCUT2D eigenvalue weighted by Crippen LogP contribution is 2.18. The number of urea groups is 1. The van der Waals surface area contributed by atoms with E-state index >= 15 is 0 Å². The van der Waals surface area contributed by atoms with Crippen molar-refractivity contribution >= 4 is 12.0 Å². The van der Waals surface area contributed by atoms with Crippen LogP contribution in [0.4, 0.5) is 4.79 Å². The number of hydrogen-bond donors (Lipinski definition) is 3. The highest BCUT2D eigenvalue weighted by atomic mass is 16.5. The van der Waals surface area contributed by atoms with E-state index < -0.39 is 17.5 Å². The van der Waals surface area contributed by atoms with Crippen molar-refractivity contribution in [2.75, 3.05) is 19.8 Å². The van der Waals surface area contributed by atoms with Gasteiger partial charge in [-0.25, -0.2) is 9.59 Å². The Kier molecular flexibility index (Phi) is 4.18. The minimum Gasteiger partial charge on any atom is -0.479 e. The Morgan fingerprint density at radius 2 is 2.30 bits per heavy atom. The van der Waals surface area contributed by atoms with E-state index in [4.69, 9.17) is 14.4 Å². The van der Waals surface area contributed by atoms with Gasteiger partial charge in [0.15, 0.2) is 11.4 Å². The lowest BCUT2D eigenvalue weighted by Crippen LogP contribution is -2.57. The number of carbonyl (C=O) groups is 2. The summed E-state index contributed by atoms with van der Waals surface area (Å²) in [5.74, 6) is -0.156. The molecule has 2 rings (SSSR count). The maximum absolute atomic E-state index is 11.7. The summed E-state index contributed by atoms with van der Waals surface area (Å²) in [5.41, 5.74) is -1.34. The molecular formula is C11H16N4O5. The fourth-order valence-corrected chi connectivity index (χ4v) is 1.88. The molecule has 0 aliphatic carbocycles. The number of amides is 2. The zero-order valence-electron chi connectivity index (χ0n) is 11.0. The molecule has 1 aliphatic heterocycles. The second-order valence-electron chi connectivity index (χ2n) is 4.55. The van der Waals surface area contributed by atoms with Gasteiger partial charge in [-0.3, -0.25) is 0 Å². The highest BCUT2D eigenvalue weighted by molar-refractivity contribution is 5.86. The van der Waals surface area contributed by atoms with Gasteiger partial charge in [0.1, 0.15) is 0 Å². The number of aliphatic carboxylic acids is 1. The molecular weight excluding hydrogens is 268 g/mol. The van der Waals surface area contributed by atoms with Crippen LogP contribution >= 0.6 is 0 Å². The van der Waals surface area contributed by atoms with Gasteiger partial charge in [-0.15, -0.1) is 0 Å². The molecule has 1 unspecified atom stereocenters. The minimum absolute atomic E-state index is 0.0280. The van der Waals surface area contributed by atoms with E-state index in [9.17, 15) is 9.59 Å². The average molecular weight is 284 g/mol. The summed E-state index contributed by atoms with van der Waals surface area (Å²) >= 11 is 0. The molecule has 0 bridgehead atoms. The molecule has 0 spiro atoms. The van der Waals surface area contributed by atoms with Crippen LogP contribution in [0.25, 0.3) is 0 Å². The van der Waals surface area contributed by atoms with E-state index in [1.807, 2.05) is 0 Å². The summed E-state index contributed by atoms with van der Waals surface area (Å²) in [5, 5.41) is 17.9. The first-order chi connectivity index (χ1) is 9.52. The van der Waals surface area contributed by atoms with Gasteiger partial charge in [-0.05, 0) is 0 Å². The second kappa shape index (κ2) is 5.87. The van der Waals surface area contributed by atoms with Crippen molar-refractivity contribution < 1.29 is 24.0 Å². The molecule has 9 nitrogen and oxygen atoms in total. The molecule has 1 saturated heterocycles. The van der Waals surface area contributed by atoms with E-state index in [-0.39, 0.29) is 19.6 Å². The third-order valence-electron chi connectivity index (χ3n) is 2.99. The number of nitrogens with zero attached hydrogens (tertiary/aromatic N) is 2. The number of carboxylic acids is 1. The quantitative estimate of drug-likeness (QED) is 0.663. The van der Waals surface area contributed by atoms with E-state index in [0.717, 1.165) is 0 Å². The van der Waals surface area contributed by atoms with Crippen LogP contribution in [0.15, 0.2) is 4.52 Å². The Labute approximate surface area is 114 Å². The summed E-state index contributed by atoms with van der Waals surface area (Å²) in [6.45, 7) is 2.24. The van der Waals surface area contributed by atoms with Crippen LogP contribution in [0.3, 0.4) is 0 Å². The second-order valence-corrected chi connectivity index (χ2v) is 4.55. The van der Waals surface area contributed by atoms with Gasteiger partial charge in [-0.2, -0.15) is 4.98 Å². The fourth-order valence-electron chi connectivity index (χ4n) is 1.88. The topological polar surface area (TPSA) is 127 Å². The first-order valence-electron chi connectivity index (χ1n) is 6.18. The van der Waals surface area contributed by atoms with Crippen molar-refractivity contribution in [2.24, 2.45) is 0 Å². The molecule has 20 heavy (non-hydrogen) atoms. The number of aromatic nitrogens is 2. The molecule has 3 N–H and O–H groups in total. The molecule has 1 atom stereocenters. The zero-order chi connectivity index (χ0) is 14.6. The highest BCUT2D eigenvalue weighted by Gasteiger charge is 2.43. The summed E-state index contributed by atoms with van der Waals surface area (Å²) in [6, 6.07) is -0.557. The van der Waals surface area contributed by atoms with E-state index in [2.05, 4.69) is 20.8 Å². The first kappa shape index (κ1) is 14.3. The van der Waals surface area contributed by atoms with Crippen molar-refractivity contribution in [3.63, 3.8) is 0 Å². The van der Waals surface area contributed by atoms with Gasteiger partial charge in [0, 0.05) is 32.9 Å². The maximum atomic E-state index is 11.7. The molecule has 0 aromatic carbocycles. The third-order valence-corrected chi connectivity index (χ3v) is 2.99. The van der Waals surface area contributed by atoms with Crippen molar-refractivity contribution in [1.82, 2.24) is 20.8 Å². The minimum atomic E-state index is -1.34. The van der Waals surface area contributed by atoms with Crippen LogP contribution in [0.2, 0.25) is 0 Å². The molecule has 1 fully saturated rings. The normalized spacial score (nSPS) is 21.6. The smallest absolute Gasteiger partial charge is 0.332 e. The monoisotopic (exact) mass is 284 g/mol. The first-order valence-corrected chi connectivity index (χ1v) is 6.18. The van der Waals surface area contributed by atoms with Gasteiger partial charge in [-0.1, -0.05) is 5.16 Å². The van der Waals surface area contributed by atoms with Crippen LogP contribution in [0.1, 0.15) is 18.1 Å². The lowest BCUT2D eigenvalue weighted by atomic mass is 9.99. The SMILES string of the molecule is Cc1nc(CCNC(=O)NC2(C(=O)O)CCOC2)no1. The zero-order valence-corrected chi connectivity index (χ0v) is 11.0. The van der Waals surface area contributed by atoms with E-state index in [1.165, 1.54) is 0 Å². The third kappa shape index (κ3) is 3.23. The summed E-state index contributed by atoms with van der Waals surface area (Å²) in [7, 11) is 0. The van der Waals surface area contributed by atoms with E-state index in [0.29, 0.717) is 24.7 Å². The van der Waals surface area contributed by atoms with Crippen LogP contribution in [-0.2, 0) is 16.0 Å². The van der Waals surface area contributed by atoms with Crippen molar-refractivity contribution in [1.29, 1.82) is 0 Å². The number of ether oxygens (including phenoxy) is 1. The summed E-state index contributed by atoms with van der Waals surface area (Å²) < 4.78 is 9.84. The van der Waals surface area contributed by atoms with Gasteiger partial charge >= 0.3 is 12.0 Å². The Morgan fingerprint density at radius 1 is 1.50 bits per heavy atom. The molecule has 1 aliphatic rings. The number of carbonyl (C=O) groups excluding carboxylic acids is 1. The molecule has 1 aromatic heterocycles. The van der Waals surface area contributed by atoms with Crippen LogP contribution in [0, 0.1) is 6.92 Å². The Balaban J connectivity index is 1.78. The lowest BCUT2D eigenvalue weighted by Gasteiger charge is -2.23. The van der Waals surface area contributed by atoms with Gasteiger partial charge in [0.25, 0.3) is 0 Å². The van der Waals surface area contributed by atoms with Crippen LogP contribution < -0.4 is 10.6 Å². The average Bonchev–Trinajstić information content (AvgIpc) is 2.99. The standard InChI is InChI=1S/C11H16N4O5/c1-7-13-8(15-20-7)2-4-12-10(18)14-11(9(16)17)3-5-19-6-11/h2-6H2,1H3,(H,16,17)(H2,12,14,18). The molecule has 110 valence electrons. The van der Waals surface area contributed by atoms with Gasteiger partial charge in [0.2, 0.25) is 5.89 Å². The number of nitrogens with one attached hydrogen (secondary N) is 2. The Hall–Kier alpha value is -2.16. The van der Waals surface area contributed by atoms with Crippen molar-refractivity contribution in [3.8, 4) is 0 Å². The number of hydrogen-bond acceptors (Lipinski definition) is 6. The van der Waals surface area contributed by atoms with Gasteiger partial charge < -0.3 is 25.0 Å². The Bertz CT molecular complexity index is 495. The number of carboxylic acid groups (broad SMARTS) is 1. The molecule has 1 aromatic rings. The van der Waals surface area contributed by atoms with Gasteiger partial charge in [0.05, 0.1) is 6.61 Å². The molecule has 9 heteroatoms. The fraction of sp³-hybridized carbons (Fsp3) is 0.636. The lowest BCUT2D eigenvalue weighted by molar-refractivity contribution is -0.144. The molecule has 0 radical (unpaired) electrons. The molecule has 0 saturated carbocycles. The molecule has 2 amide bonds. The molecule has 2 heterocycles.